The quantitative estimate of drug-likeness (QED) is 0.446. The highest BCUT2D eigenvalue weighted by molar-refractivity contribution is 5.85. The third-order valence-corrected chi connectivity index (χ3v) is 2.60. The first-order valence-corrected chi connectivity index (χ1v) is 6.64. The summed E-state index contributed by atoms with van der Waals surface area (Å²) in [5, 5.41) is 0. The van der Waals surface area contributed by atoms with Gasteiger partial charge in [0.1, 0.15) is 0 Å². The Morgan fingerprint density at radius 3 is 1.36 bits per heavy atom. The number of anilines is 2. The maximum absolute atomic E-state index is 5.35. The maximum Gasteiger partial charge on any atom is 0.197 e. The molecule has 2 aromatic heterocycles. The molecule has 0 radical (unpaired) electrons. The lowest BCUT2D eigenvalue weighted by atomic mass is 10.2. The molecule has 0 saturated carbocycles. The molecule has 10 N–H and O–H groups in total. The first-order valence-electron chi connectivity index (χ1n) is 6.64. The van der Waals surface area contributed by atoms with Crippen molar-refractivity contribution in [3.63, 3.8) is 0 Å². The van der Waals surface area contributed by atoms with E-state index in [0.29, 0.717) is 25.0 Å². The second-order valence-corrected chi connectivity index (χ2v) is 4.37. The second kappa shape index (κ2) is 13.2. The molecule has 0 spiro atoms. The van der Waals surface area contributed by atoms with Crippen LogP contribution in [0.15, 0.2) is 12.4 Å². The van der Waals surface area contributed by atoms with E-state index in [9.17, 15) is 0 Å². The summed E-state index contributed by atoms with van der Waals surface area (Å²) in [6, 6.07) is 0. The molecule has 0 aliphatic carbocycles. The number of H-pyrrole nitrogens is 2. The fourth-order valence-electron chi connectivity index (χ4n) is 1.59. The molecule has 0 aliphatic heterocycles. The molecule has 0 bridgehead atoms. The molecule has 0 amide bonds. The number of nitrogens with one attached hydrogen (secondary N) is 2. The summed E-state index contributed by atoms with van der Waals surface area (Å²) in [5.74, 6) is 0.957. The summed E-state index contributed by atoms with van der Waals surface area (Å²) >= 11 is 0. The van der Waals surface area contributed by atoms with E-state index < -0.39 is 0 Å². The van der Waals surface area contributed by atoms with Crippen molar-refractivity contribution in [3.05, 3.63) is 23.8 Å². The van der Waals surface area contributed by atoms with Crippen LogP contribution < -0.4 is 22.9 Å². The summed E-state index contributed by atoms with van der Waals surface area (Å²) < 4.78 is 0. The maximum atomic E-state index is 5.35. The summed E-state index contributed by atoms with van der Waals surface area (Å²) in [5.41, 5.74) is 23.5. The van der Waals surface area contributed by atoms with Gasteiger partial charge in [-0.3, -0.25) is 0 Å². The smallest absolute Gasteiger partial charge is 0.197 e. The number of nitrogen functional groups attached to an aromatic ring is 2. The fraction of sp³-hybridized carbons (Fsp3) is 0.500. The molecule has 0 saturated heterocycles. The average Bonchev–Trinajstić information content (AvgIpc) is 3.03. The zero-order valence-corrected chi connectivity index (χ0v) is 14.1. The minimum absolute atomic E-state index is 0. The van der Waals surface area contributed by atoms with E-state index in [-0.39, 0.29) is 24.8 Å². The Labute approximate surface area is 142 Å². The van der Waals surface area contributed by atoms with Gasteiger partial charge in [-0.25, -0.2) is 9.97 Å². The summed E-state index contributed by atoms with van der Waals surface area (Å²) in [7, 11) is 0. The van der Waals surface area contributed by atoms with Crippen LogP contribution >= 0.6 is 24.8 Å². The van der Waals surface area contributed by atoms with E-state index >= 15 is 0 Å². The lowest BCUT2D eigenvalue weighted by molar-refractivity contribution is 0.816. The van der Waals surface area contributed by atoms with Gasteiger partial charge in [-0.15, -0.1) is 24.8 Å². The van der Waals surface area contributed by atoms with E-state index in [2.05, 4.69) is 19.9 Å². The number of aromatic amines is 2. The van der Waals surface area contributed by atoms with Crippen molar-refractivity contribution in [2.45, 2.75) is 25.7 Å². The minimum Gasteiger partial charge on any atom is -0.369 e. The van der Waals surface area contributed by atoms with Crippen molar-refractivity contribution in [2.24, 2.45) is 11.5 Å². The number of nitrogens with zero attached hydrogens (tertiary/aromatic N) is 2. The molecule has 0 atom stereocenters. The molecule has 10 heteroatoms. The molecular formula is C12H26Cl2N8. The zero-order chi connectivity index (χ0) is 14.8. The second-order valence-electron chi connectivity index (χ2n) is 4.37. The lowest BCUT2D eigenvalue weighted by Crippen LogP contribution is -2.00. The fourth-order valence-corrected chi connectivity index (χ4v) is 1.59. The van der Waals surface area contributed by atoms with Crippen molar-refractivity contribution in [1.82, 2.24) is 19.9 Å². The highest BCUT2D eigenvalue weighted by atomic mass is 35.5. The topological polar surface area (TPSA) is 161 Å². The molecule has 128 valence electrons. The van der Waals surface area contributed by atoms with Crippen molar-refractivity contribution in [2.75, 3.05) is 24.6 Å². The first-order chi connectivity index (χ1) is 9.65. The van der Waals surface area contributed by atoms with Gasteiger partial charge in [0.2, 0.25) is 0 Å². The van der Waals surface area contributed by atoms with Gasteiger partial charge in [-0.2, -0.15) is 0 Å². The van der Waals surface area contributed by atoms with Gasteiger partial charge in [0.25, 0.3) is 0 Å². The van der Waals surface area contributed by atoms with Crippen molar-refractivity contribution < 1.29 is 0 Å². The van der Waals surface area contributed by atoms with Crippen LogP contribution in [0.4, 0.5) is 11.9 Å². The Morgan fingerprint density at radius 1 is 0.773 bits per heavy atom. The van der Waals surface area contributed by atoms with Gasteiger partial charge >= 0.3 is 0 Å². The number of hydrogen-bond acceptors (Lipinski definition) is 6. The minimum atomic E-state index is 0. The molecular weight excluding hydrogens is 327 g/mol. The van der Waals surface area contributed by atoms with E-state index in [1.54, 1.807) is 12.4 Å². The molecule has 2 heterocycles. The number of halogens is 2. The van der Waals surface area contributed by atoms with Crippen LogP contribution in [-0.4, -0.2) is 33.0 Å². The van der Waals surface area contributed by atoms with Crippen LogP contribution in [-0.2, 0) is 12.8 Å². The Bertz CT molecular complexity index is 441. The number of hydrogen-bond donors (Lipinski definition) is 6. The van der Waals surface area contributed by atoms with Crippen LogP contribution in [0.5, 0.6) is 0 Å². The number of imidazole rings is 2. The Hall–Kier alpha value is -1.48. The Kier molecular flexibility index (Phi) is 13.7. The van der Waals surface area contributed by atoms with Gasteiger partial charge in [0.05, 0.1) is 12.4 Å². The lowest BCUT2D eigenvalue weighted by Gasteiger charge is -1.91. The Balaban J connectivity index is 0. The molecule has 0 unspecified atom stereocenters. The van der Waals surface area contributed by atoms with Gasteiger partial charge in [-0.1, -0.05) is 0 Å². The molecule has 2 rings (SSSR count). The third-order valence-electron chi connectivity index (χ3n) is 2.60. The summed E-state index contributed by atoms with van der Waals surface area (Å²) in [6.07, 6.45) is 7.29. The average molecular weight is 353 g/mol. The molecule has 0 fully saturated rings. The number of aromatic nitrogens is 4. The van der Waals surface area contributed by atoms with Crippen LogP contribution in [0.2, 0.25) is 0 Å². The molecule has 8 nitrogen and oxygen atoms in total. The number of nitrogens with two attached hydrogens (primary N) is 4. The highest BCUT2D eigenvalue weighted by Crippen LogP contribution is 2.00. The summed E-state index contributed by atoms with van der Waals surface area (Å²) in [4.78, 5) is 13.5. The van der Waals surface area contributed by atoms with Crippen molar-refractivity contribution in [3.8, 4) is 0 Å². The largest absolute Gasteiger partial charge is 0.369 e. The molecule has 0 aromatic carbocycles. The number of rotatable bonds is 6. The van der Waals surface area contributed by atoms with Crippen LogP contribution in [0.25, 0.3) is 0 Å². The van der Waals surface area contributed by atoms with E-state index in [0.717, 1.165) is 37.1 Å². The predicted octanol–water partition coefficient (Wildman–Crippen LogP) is 0.610. The highest BCUT2D eigenvalue weighted by Gasteiger charge is 1.95. The normalized spacial score (nSPS) is 9.18. The summed E-state index contributed by atoms with van der Waals surface area (Å²) in [6.45, 7) is 1.41. The van der Waals surface area contributed by atoms with E-state index in [1.807, 2.05) is 0 Å². The molecule has 0 aliphatic rings. The van der Waals surface area contributed by atoms with Crippen LogP contribution in [0.3, 0.4) is 0 Å². The van der Waals surface area contributed by atoms with E-state index in [4.69, 9.17) is 22.9 Å². The van der Waals surface area contributed by atoms with E-state index in [1.165, 1.54) is 0 Å². The van der Waals surface area contributed by atoms with Gasteiger partial charge < -0.3 is 32.9 Å². The van der Waals surface area contributed by atoms with Gasteiger partial charge in [-0.05, 0) is 38.8 Å². The standard InChI is InChI=1S/2C6H12N4.2ClH/c2*7-3-1-2-5-4-9-6(8)10-5;;/h2*4H,1-3,7H2,(H3,8,9,10);2*1H. The van der Waals surface area contributed by atoms with Crippen LogP contribution in [0, 0.1) is 0 Å². The van der Waals surface area contributed by atoms with Gasteiger partial charge in [0.15, 0.2) is 11.9 Å². The zero-order valence-electron chi connectivity index (χ0n) is 12.4. The molecule has 2 aromatic rings. The SMILES string of the molecule is Cl.Cl.NCCCc1cnc(N)[nH]1.NCCCc1cnc(N)[nH]1. The monoisotopic (exact) mass is 352 g/mol. The van der Waals surface area contributed by atoms with Gasteiger partial charge in [0, 0.05) is 11.4 Å². The third kappa shape index (κ3) is 9.46. The van der Waals surface area contributed by atoms with Crippen LogP contribution in [0.1, 0.15) is 24.2 Å². The number of aryl methyl sites for hydroxylation is 2. The molecule has 22 heavy (non-hydrogen) atoms. The van der Waals surface area contributed by atoms with Crippen molar-refractivity contribution >= 4 is 36.7 Å². The Morgan fingerprint density at radius 2 is 1.14 bits per heavy atom. The van der Waals surface area contributed by atoms with Crippen molar-refractivity contribution in [1.29, 1.82) is 0 Å². The predicted molar refractivity (Wildman–Crippen MR) is 95.2 cm³/mol. The first kappa shape index (κ1) is 22.8.